The second-order valence-corrected chi connectivity index (χ2v) is 6.08. The predicted octanol–water partition coefficient (Wildman–Crippen LogP) is -0.191. The lowest BCUT2D eigenvalue weighted by atomic mass is 10.0. The van der Waals surface area contributed by atoms with Crippen LogP contribution in [0, 0.1) is 0 Å². The van der Waals surface area contributed by atoms with Crippen LogP contribution in [0.1, 0.15) is 26.2 Å². The maximum absolute atomic E-state index is 11.9. The largest absolute Gasteiger partial charge is 0.481 e. The number of aliphatic hydroxyl groups is 1. The normalized spacial score (nSPS) is 16.1. The number of aliphatic carboxylic acids is 1. The molecule has 2 atom stereocenters. The molecule has 0 spiro atoms. The number of carboxylic acids is 1. The molecule has 0 aromatic rings. The predicted molar refractivity (Wildman–Crippen MR) is 71.0 cm³/mol. The number of hydrogen-bond acceptors (Lipinski definition) is 5. The molecule has 7 nitrogen and oxygen atoms in total. The summed E-state index contributed by atoms with van der Waals surface area (Å²) >= 11 is 0. The third-order valence-corrected chi connectivity index (χ3v) is 2.62. The van der Waals surface area contributed by atoms with Gasteiger partial charge in [0.15, 0.2) is 11.7 Å². The minimum absolute atomic E-state index is 0.0288. The molecule has 0 unspecified atom stereocenters. The Kier molecular flexibility index (Phi) is 6.81. The van der Waals surface area contributed by atoms with E-state index in [2.05, 4.69) is 0 Å². The molecule has 0 fully saturated rings. The molecule has 0 bridgehead atoms. The minimum atomic E-state index is -1.79. The van der Waals surface area contributed by atoms with E-state index in [1.807, 2.05) is 21.1 Å². The lowest BCUT2D eigenvalue weighted by Gasteiger charge is -2.30. The van der Waals surface area contributed by atoms with Gasteiger partial charge in [-0.25, -0.2) is 4.79 Å². The first-order valence-corrected chi connectivity index (χ1v) is 6.37. The Morgan fingerprint density at radius 2 is 1.90 bits per heavy atom. The number of carboxylic acid groups (broad SMARTS) is 1. The maximum Gasteiger partial charge on any atom is 0.338 e. The van der Waals surface area contributed by atoms with Crippen LogP contribution in [0.3, 0.4) is 0 Å². The van der Waals surface area contributed by atoms with E-state index in [4.69, 9.17) is 9.84 Å². The highest BCUT2D eigenvalue weighted by molar-refractivity contribution is 5.79. The van der Waals surface area contributed by atoms with E-state index >= 15 is 0 Å². The molecule has 116 valence electrons. The number of ether oxygens (including phenoxy) is 1. The third-order valence-electron chi connectivity index (χ3n) is 2.62. The van der Waals surface area contributed by atoms with E-state index in [-0.39, 0.29) is 19.3 Å². The molecular formula is C13H24NO6+. The fraction of sp³-hybridized carbons (Fsp3) is 0.769. The number of rotatable bonds is 9. The van der Waals surface area contributed by atoms with Gasteiger partial charge < -0.3 is 24.2 Å². The van der Waals surface area contributed by atoms with Gasteiger partial charge in [0.1, 0.15) is 12.8 Å². The zero-order valence-corrected chi connectivity index (χ0v) is 12.5. The highest BCUT2D eigenvalue weighted by atomic mass is 16.6. The van der Waals surface area contributed by atoms with E-state index in [1.54, 1.807) is 0 Å². The van der Waals surface area contributed by atoms with Crippen molar-refractivity contribution in [3.63, 3.8) is 0 Å². The summed E-state index contributed by atoms with van der Waals surface area (Å²) in [5.74, 6) is -1.98. The zero-order chi connectivity index (χ0) is 16.0. The number of nitrogens with zero attached hydrogens (tertiary/aromatic N) is 1. The highest BCUT2D eigenvalue weighted by Crippen LogP contribution is 2.16. The first-order valence-electron chi connectivity index (χ1n) is 6.37. The molecule has 0 aliphatic heterocycles. The fourth-order valence-electron chi connectivity index (χ4n) is 1.67. The van der Waals surface area contributed by atoms with Crippen molar-refractivity contribution in [3.05, 3.63) is 0 Å². The van der Waals surface area contributed by atoms with Crippen molar-refractivity contribution in [1.29, 1.82) is 0 Å². The Morgan fingerprint density at radius 1 is 1.35 bits per heavy atom. The second kappa shape index (κ2) is 7.35. The molecule has 0 amide bonds. The number of quaternary nitrogens is 1. The second-order valence-electron chi connectivity index (χ2n) is 6.08. The van der Waals surface area contributed by atoms with Gasteiger partial charge in [0.25, 0.3) is 0 Å². The average Bonchev–Trinajstić information content (AvgIpc) is 2.22. The molecule has 0 radical (unpaired) electrons. The highest BCUT2D eigenvalue weighted by Gasteiger charge is 2.35. The first kappa shape index (κ1) is 18.5. The number of carbonyl (C=O) groups is 3. The van der Waals surface area contributed by atoms with Crippen molar-refractivity contribution in [3.8, 4) is 0 Å². The molecule has 7 heteroatoms. The van der Waals surface area contributed by atoms with Gasteiger partial charge in [-0.3, -0.25) is 4.79 Å². The molecule has 2 N–H and O–H groups in total. The SMILES string of the molecule is C[C@](O)(CCC=O)C(=O)O[C@@H](CC(=O)O)C[N+](C)(C)C. The van der Waals surface area contributed by atoms with Crippen LogP contribution in [0.2, 0.25) is 0 Å². The molecule has 0 aliphatic rings. The van der Waals surface area contributed by atoms with Crippen molar-refractivity contribution in [2.75, 3.05) is 27.7 Å². The molecule has 0 aromatic heterocycles. The lowest BCUT2D eigenvalue weighted by Crippen LogP contribution is -2.47. The van der Waals surface area contributed by atoms with Gasteiger partial charge in [0, 0.05) is 6.42 Å². The van der Waals surface area contributed by atoms with Crippen LogP contribution in [0.4, 0.5) is 0 Å². The van der Waals surface area contributed by atoms with Crippen molar-refractivity contribution in [2.45, 2.75) is 37.9 Å². The summed E-state index contributed by atoms with van der Waals surface area (Å²) in [5, 5.41) is 18.7. The number of likely N-dealkylation sites (N-methyl/N-ethyl adjacent to an activating group) is 1. The zero-order valence-electron chi connectivity index (χ0n) is 12.5. The van der Waals surface area contributed by atoms with Crippen molar-refractivity contribution >= 4 is 18.2 Å². The van der Waals surface area contributed by atoms with Crippen LogP contribution < -0.4 is 0 Å². The topological polar surface area (TPSA) is 101 Å². The lowest BCUT2D eigenvalue weighted by molar-refractivity contribution is -0.873. The van der Waals surface area contributed by atoms with Crippen molar-refractivity contribution < 1.29 is 33.8 Å². The Bertz CT molecular complexity index is 358. The Labute approximate surface area is 118 Å². The van der Waals surface area contributed by atoms with E-state index in [0.29, 0.717) is 17.3 Å². The molecule has 0 aliphatic carbocycles. The summed E-state index contributed by atoms with van der Waals surface area (Å²) in [6.07, 6.45) is -0.587. The third kappa shape index (κ3) is 7.85. The van der Waals surface area contributed by atoms with Crippen LogP contribution in [-0.2, 0) is 19.1 Å². The minimum Gasteiger partial charge on any atom is -0.481 e. The molecule has 0 rings (SSSR count). The van der Waals surface area contributed by atoms with Gasteiger partial charge in [-0.15, -0.1) is 0 Å². The molecule has 0 saturated carbocycles. The molecule has 0 heterocycles. The van der Waals surface area contributed by atoms with Gasteiger partial charge >= 0.3 is 11.9 Å². The molecular weight excluding hydrogens is 266 g/mol. The van der Waals surface area contributed by atoms with Crippen LogP contribution >= 0.6 is 0 Å². The van der Waals surface area contributed by atoms with Gasteiger partial charge in [-0.1, -0.05) is 0 Å². The van der Waals surface area contributed by atoms with Crippen molar-refractivity contribution in [1.82, 2.24) is 0 Å². The van der Waals surface area contributed by atoms with E-state index < -0.39 is 23.6 Å². The van der Waals surface area contributed by atoms with E-state index in [9.17, 15) is 19.5 Å². The summed E-state index contributed by atoms with van der Waals surface area (Å²) in [7, 11) is 5.52. The van der Waals surface area contributed by atoms with Gasteiger partial charge in [0.05, 0.1) is 27.6 Å². The summed E-state index contributed by atoms with van der Waals surface area (Å²) in [6.45, 7) is 1.56. The summed E-state index contributed by atoms with van der Waals surface area (Å²) in [4.78, 5) is 32.9. The standard InChI is InChI=1S/C13H23NO6/c1-13(19,6-5-7-15)12(18)20-10(8-11(16)17)9-14(2,3)4/h7,10,19H,5-6,8-9H2,1-4H3/p+1/t10-,13-/m0/s1. The number of aldehydes is 1. The number of hydrogen-bond donors (Lipinski definition) is 2. The Hall–Kier alpha value is -1.47. The maximum atomic E-state index is 11.9. The van der Waals surface area contributed by atoms with Gasteiger partial charge in [0.2, 0.25) is 0 Å². The summed E-state index contributed by atoms with van der Waals surface area (Å²) < 4.78 is 5.52. The van der Waals surface area contributed by atoms with Crippen LogP contribution in [0.5, 0.6) is 0 Å². The smallest absolute Gasteiger partial charge is 0.338 e. The summed E-state index contributed by atoms with van der Waals surface area (Å²) in [6, 6.07) is 0. The fourth-order valence-corrected chi connectivity index (χ4v) is 1.67. The Morgan fingerprint density at radius 3 is 2.30 bits per heavy atom. The quantitative estimate of drug-likeness (QED) is 0.347. The van der Waals surface area contributed by atoms with Gasteiger partial charge in [-0.05, 0) is 13.3 Å². The van der Waals surface area contributed by atoms with Gasteiger partial charge in [-0.2, -0.15) is 0 Å². The van der Waals surface area contributed by atoms with E-state index in [1.165, 1.54) is 6.92 Å². The molecule has 0 aromatic carbocycles. The molecule has 20 heavy (non-hydrogen) atoms. The van der Waals surface area contributed by atoms with E-state index in [0.717, 1.165) is 0 Å². The average molecular weight is 290 g/mol. The Balaban J connectivity index is 4.74. The van der Waals surface area contributed by atoms with Crippen LogP contribution in [0.15, 0.2) is 0 Å². The van der Waals surface area contributed by atoms with Crippen LogP contribution in [-0.4, -0.2) is 72.3 Å². The first-order chi connectivity index (χ1) is 8.98. The van der Waals surface area contributed by atoms with Crippen LogP contribution in [0.25, 0.3) is 0 Å². The van der Waals surface area contributed by atoms with Crippen molar-refractivity contribution in [2.24, 2.45) is 0 Å². The number of esters is 1. The number of carbonyl (C=O) groups excluding carboxylic acids is 2. The monoisotopic (exact) mass is 290 g/mol. The summed E-state index contributed by atoms with van der Waals surface area (Å²) in [5.41, 5.74) is -1.79. The molecule has 0 saturated heterocycles.